The van der Waals surface area contributed by atoms with Gasteiger partial charge in [-0.15, -0.1) is 0 Å². The van der Waals surface area contributed by atoms with Gasteiger partial charge in [0.1, 0.15) is 0 Å². The van der Waals surface area contributed by atoms with Gasteiger partial charge in [0.25, 0.3) is 0 Å². The average molecular weight is 791 g/mol. The summed E-state index contributed by atoms with van der Waals surface area (Å²) in [6.45, 7) is 0. The molecule has 3 aromatic heterocycles. The maximum atomic E-state index is 5.15. The van der Waals surface area contributed by atoms with Crippen LogP contribution in [-0.2, 0) is 0 Å². The highest BCUT2D eigenvalue weighted by Crippen LogP contribution is 2.38. The molecule has 0 spiro atoms. The summed E-state index contributed by atoms with van der Waals surface area (Å²) in [5.41, 5.74) is 16.5. The smallest absolute Gasteiger partial charge is 0.160 e. The van der Waals surface area contributed by atoms with Gasteiger partial charge in [-0.3, -0.25) is 0 Å². The molecule has 0 atom stereocenters. The van der Waals surface area contributed by atoms with E-state index in [0.717, 1.165) is 56.0 Å². The van der Waals surface area contributed by atoms with Crippen molar-refractivity contribution in [1.29, 1.82) is 0 Å². The molecule has 0 N–H and O–H groups in total. The Kier molecular flexibility index (Phi) is 8.46. The van der Waals surface area contributed by atoms with Crippen molar-refractivity contribution in [3.8, 4) is 67.5 Å². The third-order valence-corrected chi connectivity index (χ3v) is 12.1. The Labute approximate surface area is 359 Å². The highest BCUT2D eigenvalue weighted by Gasteiger charge is 2.17. The van der Waals surface area contributed by atoms with Crippen molar-refractivity contribution >= 4 is 43.6 Å². The SMILES string of the molecule is c1ccc(-c2cc(-c3ccccc3)nc(-c3cccc(-n4c5ccccc5c5ccc(-c6ccc(-c7ccc8c9ccccc9n(-c9ccccc9)c8c7)cc6)cc54)c3)n2)cc1. The van der Waals surface area contributed by atoms with Gasteiger partial charge in [-0.05, 0) is 76.9 Å². The molecule has 9 aromatic carbocycles. The minimum Gasteiger partial charge on any atom is -0.309 e. The molecule has 0 radical (unpaired) electrons. The second-order valence-electron chi connectivity index (χ2n) is 15.8. The summed E-state index contributed by atoms with van der Waals surface area (Å²) in [6.07, 6.45) is 0. The summed E-state index contributed by atoms with van der Waals surface area (Å²) in [4.78, 5) is 10.3. The standard InChI is InChI=1S/C58H38N4/c1-4-15-41(16-5-1)52-38-53(42-17-6-2-7-18-42)60-58(59-52)45-19-14-22-47(35-45)62-55-26-13-11-24-49(55)51-34-32-44(37-57(51)62)40-29-27-39(28-30-40)43-31-33-50-48-23-10-12-25-54(48)61(56(50)36-43)46-20-8-3-9-21-46/h1-38H. The zero-order valence-corrected chi connectivity index (χ0v) is 33.7. The Morgan fingerprint density at radius 1 is 0.242 bits per heavy atom. The molecular weight excluding hydrogens is 753 g/mol. The van der Waals surface area contributed by atoms with Gasteiger partial charge in [-0.2, -0.15) is 0 Å². The van der Waals surface area contributed by atoms with Gasteiger partial charge < -0.3 is 9.13 Å². The third-order valence-electron chi connectivity index (χ3n) is 12.1. The lowest BCUT2D eigenvalue weighted by atomic mass is 9.98. The summed E-state index contributed by atoms with van der Waals surface area (Å²) in [6, 6.07) is 82.2. The Hall–Kier alpha value is -8.34. The van der Waals surface area contributed by atoms with E-state index in [1.54, 1.807) is 0 Å². The van der Waals surface area contributed by atoms with Gasteiger partial charge in [0.05, 0.1) is 33.5 Å². The molecule has 12 rings (SSSR count). The van der Waals surface area contributed by atoms with Crippen LogP contribution in [-0.4, -0.2) is 19.1 Å². The molecule has 0 bridgehead atoms. The lowest BCUT2D eigenvalue weighted by Crippen LogP contribution is -1.98. The van der Waals surface area contributed by atoms with Crippen molar-refractivity contribution in [2.75, 3.05) is 0 Å². The van der Waals surface area contributed by atoms with Crippen LogP contribution in [0.2, 0.25) is 0 Å². The van der Waals surface area contributed by atoms with E-state index < -0.39 is 0 Å². The number of nitrogens with zero attached hydrogens (tertiary/aromatic N) is 4. The number of hydrogen-bond acceptors (Lipinski definition) is 2. The topological polar surface area (TPSA) is 35.6 Å². The first-order chi connectivity index (χ1) is 30.7. The fourth-order valence-electron chi connectivity index (χ4n) is 9.16. The van der Waals surface area contributed by atoms with Gasteiger partial charge >= 0.3 is 0 Å². The van der Waals surface area contributed by atoms with Crippen LogP contribution in [0.5, 0.6) is 0 Å². The second kappa shape index (κ2) is 14.7. The van der Waals surface area contributed by atoms with Gasteiger partial charge in [0, 0.05) is 49.6 Å². The largest absolute Gasteiger partial charge is 0.309 e. The lowest BCUT2D eigenvalue weighted by Gasteiger charge is -2.12. The summed E-state index contributed by atoms with van der Waals surface area (Å²) in [7, 11) is 0. The molecular formula is C58H38N4. The third kappa shape index (κ3) is 6.08. The number of rotatable bonds is 7. The molecule has 62 heavy (non-hydrogen) atoms. The van der Waals surface area contributed by atoms with Crippen LogP contribution >= 0.6 is 0 Å². The van der Waals surface area contributed by atoms with E-state index >= 15 is 0 Å². The molecule has 4 heteroatoms. The van der Waals surface area contributed by atoms with Crippen LogP contribution in [0, 0.1) is 0 Å². The minimum atomic E-state index is 0.689. The van der Waals surface area contributed by atoms with Crippen LogP contribution in [0.25, 0.3) is 111 Å². The molecule has 0 amide bonds. The fraction of sp³-hybridized carbons (Fsp3) is 0. The van der Waals surface area contributed by atoms with E-state index in [-0.39, 0.29) is 0 Å². The first-order valence-corrected chi connectivity index (χ1v) is 21.1. The molecule has 0 saturated carbocycles. The van der Waals surface area contributed by atoms with E-state index in [1.165, 1.54) is 49.3 Å². The minimum absolute atomic E-state index is 0.689. The van der Waals surface area contributed by atoms with Crippen molar-refractivity contribution in [3.63, 3.8) is 0 Å². The number of hydrogen-bond donors (Lipinski definition) is 0. The quantitative estimate of drug-likeness (QED) is 0.161. The van der Waals surface area contributed by atoms with Gasteiger partial charge in [0.15, 0.2) is 5.82 Å². The number of fused-ring (bicyclic) bond motifs is 6. The molecule has 0 aliphatic rings. The maximum absolute atomic E-state index is 5.15. The summed E-state index contributed by atoms with van der Waals surface area (Å²) in [5, 5.41) is 4.94. The van der Waals surface area contributed by atoms with Crippen LogP contribution in [0.1, 0.15) is 0 Å². The Bertz CT molecular complexity index is 3550. The molecule has 12 aromatic rings. The summed E-state index contributed by atoms with van der Waals surface area (Å²) >= 11 is 0. The predicted molar refractivity (Wildman–Crippen MR) is 258 cm³/mol. The van der Waals surface area contributed by atoms with Gasteiger partial charge in [-0.25, -0.2) is 9.97 Å². The van der Waals surface area contributed by atoms with E-state index in [1.807, 2.05) is 12.1 Å². The molecule has 0 fully saturated rings. The molecule has 0 saturated heterocycles. The molecule has 4 nitrogen and oxygen atoms in total. The van der Waals surface area contributed by atoms with Crippen LogP contribution in [0.4, 0.5) is 0 Å². The second-order valence-corrected chi connectivity index (χ2v) is 15.8. The average Bonchev–Trinajstić information content (AvgIpc) is 3.87. The summed E-state index contributed by atoms with van der Waals surface area (Å²) < 4.78 is 4.76. The Morgan fingerprint density at radius 2 is 0.645 bits per heavy atom. The van der Waals surface area contributed by atoms with Crippen LogP contribution < -0.4 is 0 Å². The van der Waals surface area contributed by atoms with Crippen molar-refractivity contribution < 1.29 is 0 Å². The predicted octanol–water partition coefficient (Wildman–Crippen LogP) is 15.0. The summed E-state index contributed by atoms with van der Waals surface area (Å²) in [5.74, 6) is 0.689. The monoisotopic (exact) mass is 790 g/mol. The van der Waals surface area contributed by atoms with Crippen molar-refractivity contribution in [1.82, 2.24) is 19.1 Å². The van der Waals surface area contributed by atoms with E-state index in [0.29, 0.717) is 5.82 Å². The zero-order valence-electron chi connectivity index (χ0n) is 33.7. The molecule has 3 heterocycles. The first kappa shape index (κ1) is 35.6. The molecule has 290 valence electrons. The zero-order chi connectivity index (χ0) is 41.0. The van der Waals surface area contributed by atoms with Crippen molar-refractivity contribution in [3.05, 3.63) is 231 Å². The van der Waals surface area contributed by atoms with E-state index in [9.17, 15) is 0 Å². The normalized spacial score (nSPS) is 11.5. The van der Waals surface area contributed by atoms with E-state index in [4.69, 9.17) is 9.97 Å². The van der Waals surface area contributed by atoms with Crippen molar-refractivity contribution in [2.45, 2.75) is 0 Å². The van der Waals surface area contributed by atoms with Crippen LogP contribution in [0.3, 0.4) is 0 Å². The van der Waals surface area contributed by atoms with Crippen molar-refractivity contribution in [2.24, 2.45) is 0 Å². The molecule has 0 unspecified atom stereocenters. The lowest BCUT2D eigenvalue weighted by molar-refractivity contribution is 1.16. The number of para-hydroxylation sites is 3. The van der Waals surface area contributed by atoms with Crippen LogP contribution in [0.15, 0.2) is 231 Å². The first-order valence-electron chi connectivity index (χ1n) is 21.1. The Balaban J connectivity index is 0.944. The Morgan fingerprint density at radius 3 is 1.18 bits per heavy atom. The number of benzene rings is 9. The van der Waals surface area contributed by atoms with E-state index in [2.05, 4.69) is 228 Å². The highest BCUT2D eigenvalue weighted by atomic mass is 15.0. The molecule has 0 aliphatic heterocycles. The van der Waals surface area contributed by atoms with Gasteiger partial charge in [-0.1, -0.05) is 176 Å². The maximum Gasteiger partial charge on any atom is 0.160 e. The number of aromatic nitrogens is 4. The van der Waals surface area contributed by atoms with Gasteiger partial charge in [0.2, 0.25) is 0 Å². The highest BCUT2D eigenvalue weighted by molar-refractivity contribution is 6.11. The fourth-order valence-corrected chi connectivity index (χ4v) is 9.16. The molecule has 0 aliphatic carbocycles.